The summed E-state index contributed by atoms with van der Waals surface area (Å²) >= 11 is 0. The van der Waals surface area contributed by atoms with Gasteiger partial charge in [-0.05, 0) is 18.9 Å². The first kappa shape index (κ1) is 16.4. The molecule has 1 aliphatic heterocycles. The molecule has 1 saturated heterocycles. The Morgan fingerprint density at radius 2 is 1.96 bits per heavy atom. The normalized spacial score (nSPS) is 16.3. The SMILES string of the molecule is NS(=O)(=O)c1cc(N2CCC(n3ccnc3)CC2)cc([N+](=O)[O-])c1. The highest BCUT2D eigenvalue weighted by molar-refractivity contribution is 7.89. The molecule has 24 heavy (non-hydrogen) atoms. The first-order chi connectivity index (χ1) is 11.3. The standard InChI is InChI=1S/C14H17N5O4S/c15-24(22,23)14-8-12(7-13(9-14)19(20)21)17-4-1-11(2-5-17)18-6-3-16-10-18/h3,6-11H,1-2,4-5H2,(H2,15,22,23). The van der Waals surface area contributed by atoms with E-state index in [0.29, 0.717) is 24.8 Å². The molecule has 1 aliphatic rings. The fourth-order valence-electron chi connectivity index (χ4n) is 2.93. The Labute approximate surface area is 138 Å². The lowest BCUT2D eigenvalue weighted by Crippen LogP contribution is -2.34. The van der Waals surface area contributed by atoms with Crippen molar-refractivity contribution in [2.24, 2.45) is 5.14 Å². The lowest BCUT2D eigenvalue weighted by atomic mass is 10.0. The van der Waals surface area contributed by atoms with Gasteiger partial charge >= 0.3 is 0 Å². The number of non-ortho nitro benzene ring substituents is 1. The van der Waals surface area contributed by atoms with Crippen molar-refractivity contribution in [2.75, 3.05) is 18.0 Å². The van der Waals surface area contributed by atoms with E-state index in [1.54, 1.807) is 12.5 Å². The van der Waals surface area contributed by atoms with E-state index in [2.05, 4.69) is 4.98 Å². The smallest absolute Gasteiger partial charge is 0.272 e. The predicted molar refractivity (Wildman–Crippen MR) is 87.2 cm³/mol. The third-order valence-electron chi connectivity index (χ3n) is 4.19. The number of nitro groups is 1. The van der Waals surface area contributed by atoms with Crippen LogP contribution in [0, 0.1) is 10.1 Å². The van der Waals surface area contributed by atoms with Gasteiger partial charge in [0.15, 0.2) is 0 Å². The van der Waals surface area contributed by atoms with Gasteiger partial charge in [0.25, 0.3) is 5.69 Å². The second-order valence-electron chi connectivity index (χ2n) is 5.72. The van der Waals surface area contributed by atoms with Crippen molar-refractivity contribution in [1.82, 2.24) is 9.55 Å². The van der Waals surface area contributed by atoms with E-state index in [1.165, 1.54) is 12.1 Å². The number of aromatic nitrogens is 2. The van der Waals surface area contributed by atoms with E-state index < -0.39 is 14.9 Å². The van der Waals surface area contributed by atoms with Crippen LogP contribution in [0.25, 0.3) is 0 Å². The molecule has 0 atom stereocenters. The summed E-state index contributed by atoms with van der Waals surface area (Å²) in [6.45, 7) is 1.32. The zero-order valence-electron chi connectivity index (χ0n) is 12.8. The molecule has 128 valence electrons. The van der Waals surface area contributed by atoms with Crippen LogP contribution in [0.4, 0.5) is 11.4 Å². The Morgan fingerprint density at radius 1 is 1.25 bits per heavy atom. The van der Waals surface area contributed by atoms with Gasteiger partial charge in [-0.1, -0.05) is 0 Å². The highest BCUT2D eigenvalue weighted by Crippen LogP contribution is 2.30. The molecule has 3 rings (SSSR count). The molecule has 0 spiro atoms. The molecule has 2 N–H and O–H groups in total. The molecular formula is C14H17N5O4S. The van der Waals surface area contributed by atoms with Crippen LogP contribution in [0.2, 0.25) is 0 Å². The second kappa shape index (κ2) is 6.21. The van der Waals surface area contributed by atoms with E-state index in [9.17, 15) is 18.5 Å². The molecule has 0 radical (unpaired) electrons. The highest BCUT2D eigenvalue weighted by Gasteiger charge is 2.24. The fourth-order valence-corrected chi connectivity index (χ4v) is 3.50. The van der Waals surface area contributed by atoms with Crippen LogP contribution in [-0.2, 0) is 10.0 Å². The van der Waals surface area contributed by atoms with Crippen molar-refractivity contribution in [1.29, 1.82) is 0 Å². The second-order valence-corrected chi connectivity index (χ2v) is 7.28. The Morgan fingerprint density at radius 3 is 2.50 bits per heavy atom. The van der Waals surface area contributed by atoms with Crippen LogP contribution in [0.3, 0.4) is 0 Å². The molecule has 1 aromatic carbocycles. The van der Waals surface area contributed by atoms with Gasteiger partial charge in [0.1, 0.15) is 0 Å². The summed E-state index contributed by atoms with van der Waals surface area (Å²) in [5.41, 5.74) is 0.213. The quantitative estimate of drug-likeness (QED) is 0.653. The number of rotatable bonds is 4. The minimum Gasteiger partial charge on any atom is -0.371 e. The maximum Gasteiger partial charge on any atom is 0.272 e. The van der Waals surface area contributed by atoms with Crippen LogP contribution >= 0.6 is 0 Å². The lowest BCUT2D eigenvalue weighted by Gasteiger charge is -2.34. The van der Waals surface area contributed by atoms with Gasteiger partial charge in [-0.15, -0.1) is 0 Å². The molecule has 9 nitrogen and oxygen atoms in total. The van der Waals surface area contributed by atoms with Crippen molar-refractivity contribution in [2.45, 2.75) is 23.8 Å². The van der Waals surface area contributed by atoms with Crippen LogP contribution in [-0.4, -0.2) is 36.0 Å². The van der Waals surface area contributed by atoms with Gasteiger partial charge in [0.2, 0.25) is 10.0 Å². The zero-order chi connectivity index (χ0) is 17.3. The Balaban J connectivity index is 1.84. The van der Waals surface area contributed by atoms with Gasteiger partial charge < -0.3 is 9.47 Å². The van der Waals surface area contributed by atoms with Gasteiger partial charge in [-0.3, -0.25) is 10.1 Å². The van der Waals surface area contributed by atoms with Gasteiger partial charge in [0.05, 0.1) is 16.1 Å². The zero-order valence-corrected chi connectivity index (χ0v) is 13.6. The first-order valence-corrected chi connectivity index (χ1v) is 8.94. The van der Waals surface area contributed by atoms with Crippen LogP contribution < -0.4 is 10.0 Å². The number of imidazole rings is 1. The van der Waals surface area contributed by atoms with Crippen molar-refractivity contribution in [3.05, 3.63) is 47.0 Å². The van der Waals surface area contributed by atoms with Gasteiger partial charge in [0, 0.05) is 49.3 Å². The number of benzene rings is 1. The molecule has 0 amide bonds. The summed E-state index contributed by atoms with van der Waals surface area (Å²) < 4.78 is 25.2. The number of hydrogen-bond donors (Lipinski definition) is 1. The number of nitrogens with zero attached hydrogens (tertiary/aromatic N) is 4. The molecule has 2 heterocycles. The highest BCUT2D eigenvalue weighted by atomic mass is 32.2. The summed E-state index contributed by atoms with van der Waals surface area (Å²) in [4.78, 5) is 16.2. The molecular weight excluding hydrogens is 334 g/mol. The third-order valence-corrected chi connectivity index (χ3v) is 5.08. The first-order valence-electron chi connectivity index (χ1n) is 7.39. The van der Waals surface area contributed by atoms with E-state index in [-0.39, 0.29) is 10.6 Å². The van der Waals surface area contributed by atoms with E-state index >= 15 is 0 Å². The molecule has 1 aromatic heterocycles. The largest absolute Gasteiger partial charge is 0.371 e. The molecule has 10 heteroatoms. The molecule has 0 saturated carbocycles. The molecule has 0 unspecified atom stereocenters. The molecule has 2 aromatic rings. The number of sulfonamides is 1. The number of hydrogen-bond acceptors (Lipinski definition) is 6. The Bertz CT molecular complexity index is 842. The third kappa shape index (κ3) is 3.39. The average molecular weight is 351 g/mol. The van der Waals surface area contributed by atoms with Crippen LogP contribution in [0.1, 0.15) is 18.9 Å². The minimum atomic E-state index is -4.01. The van der Waals surface area contributed by atoms with E-state index in [1.807, 2.05) is 15.7 Å². The number of anilines is 1. The molecule has 1 fully saturated rings. The van der Waals surface area contributed by atoms with Crippen LogP contribution in [0.5, 0.6) is 0 Å². The summed E-state index contributed by atoms with van der Waals surface area (Å²) in [6, 6.07) is 4.07. The summed E-state index contributed by atoms with van der Waals surface area (Å²) in [5.74, 6) is 0. The maximum atomic E-state index is 11.6. The topological polar surface area (TPSA) is 124 Å². The lowest BCUT2D eigenvalue weighted by molar-refractivity contribution is -0.385. The minimum absolute atomic E-state index is 0.247. The number of nitro benzene ring substituents is 1. The Kier molecular flexibility index (Phi) is 4.24. The fraction of sp³-hybridized carbons (Fsp3) is 0.357. The van der Waals surface area contributed by atoms with Crippen molar-refractivity contribution < 1.29 is 13.3 Å². The van der Waals surface area contributed by atoms with Crippen molar-refractivity contribution in [3.8, 4) is 0 Å². The average Bonchev–Trinajstić information content (AvgIpc) is 3.08. The van der Waals surface area contributed by atoms with Crippen molar-refractivity contribution in [3.63, 3.8) is 0 Å². The molecule has 0 bridgehead atoms. The Hall–Kier alpha value is -2.46. The number of primary sulfonamides is 1. The summed E-state index contributed by atoms with van der Waals surface area (Å²) in [6.07, 6.45) is 7.08. The number of piperidine rings is 1. The maximum absolute atomic E-state index is 11.6. The number of nitrogens with two attached hydrogens (primary N) is 1. The van der Waals surface area contributed by atoms with Crippen LogP contribution in [0.15, 0.2) is 41.8 Å². The monoisotopic (exact) mass is 351 g/mol. The van der Waals surface area contributed by atoms with Crippen molar-refractivity contribution >= 4 is 21.4 Å². The van der Waals surface area contributed by atoms with Gasteiger partial charge in [-0.25, -0.2) is 18.5 Å². The molecule has 0 aliphatic carbocycles. The van der Waals surface area contributed by atoms with E-state index in [0.717, 1.165) is 18.9 Å². The van der Waals surface area contributed by atoms with E-state index in [4.69, 9.17) is 5.14 Å². The summed E-state index contributed by atoms with van der Waals surface area (Å²) in [7, 11) is -4.01. The predicted octanol–water partition coefficient (Wildman–Crippen LogP) is 1.28. The summed E-state index contributed by atoms with van der Waals surface area (Å²) in [5, 5.41) is 16.2. The van der Waals surface area contributed by atoms with Gasteiger partial charge in [-0.2, -0.15) is 0 Å².